The third kappa shape index (κ3) is 3.47. The molecule has 3 fully saturated rings. The van der Waals surface area contributed by atoms with E-state index in [1.165, 1.54) is 0 Å². The Morgan fingerprint density at radius 3 is 2.64 bits per heavy atom. The molecule has 0 amide bonds. The maximum atomic E-state index is 12.8. The highest BCUT2D eigenvalue weighted by Gasteiger charge is 2.58. The molecule has 152 valence electrons. The summed E-state index contributed by atoms with van der Waals surface area (Å²) < 4.78 is 11.6. The second-order valence-corrected chi connectivity index (χ2v) is 8.69. The minimum atomic E-state index is -0.589. The van der Waals surface area contributed by atoms with Gasteiger partial charge in [-0.2, -0.15) is 0 Å². The molecule has 0 aromatic rings. The van der Waals surface area contributed by atoms with Crippen molar-refractivity contribution in [2.45, 2.75) is 59.2 Å². The number of carbonyl (C=O) groups is 3. The first kappa shape index (κ1) is 20.6. The second-order valence-electron chi connectivity index (χ2n) is 8.69. The zero-order valence-corrected chi connectivity index (χ0v) is 17.2. The molecular formula is C23H30O5. The van der Waals surface area contributed by atoms with Gasteiger partial charge in [0.05, 0.1) is 5.92 Å². The maximum Gasteiger partial charge on any atom is 0.334 e. The normalized spacial score (nSPS) is 37.1. The monoisotopic (exact) mass is 386 g/mol. The Bertz CT molecular complexity index is 761. The first-order valence-corrected chi connectivity index (χ1v) is 10.1. The molecule has 1 heterocycles. The molecule has 5 heteroatoms. The van der Waals surface area contributed by atoms with Gasteiger partial charge in [0, 0.05) is 35.8 Å². The average Bonchev–Trinajstić information content (AvgIpc) is 3.05. The number of hydrogen-bond acceptors (Lipinski definition) is 5. The second kappa shape index (κ2) is 7.69. The van der Waals surface area contributed by atoms with Gasteiger partial charge in [0.15, 0.2) is 0 Å². The van der Waals surface area contributed by atoms with Crippen LogP contribution in [0.4, 0.5) is 0 Å². The molecule has 0 radical (unpaired) electrons. The minimum absolute atomic E-state index is 0.0908. The Labute approximate surface area is 166 Å². The van der Waals surface area contributed by atoms with Crippen LogP contribution >= 0.6 is 0 Å². The van der Waals surface area contributed by atoms with Gasteiger partial charge in [0.1, 0.15) is 18.0 Å². The van der Waals surface area contributed by atoms with Crippen LogP contribution in [0.25, 0.3) is 0 Å². The number of rotatable bonds is 4. The van der Waals surface area contributed by atoms with Crippen molar-refractivity contribution >= 4 is 17.7 Å². The van der Waals surface area contributed by atoms with E-state index in [1.54, 1.807) is 6.92 Å². The fourth-order valence-corrected chi connectivity index (χ4v) is 4.91. The highest BCUT2D eigenvalue weighted by atomic mass is 16.6. The van der Waals surface area contributed by atoms with E-state index < -0.39 is 18.2 Å². The molecular weight excluding hydrogens is 356 g/mol. The first-order valence-electron chi connectivity index (χ1n) is 10.1. The van der Waals surface area contributed by atoms with Crippen LogP contribution in [0.1, 0.15) is 47.0 Å². The number of allylic oxidation sites excluding steroid dienone is 1. The molecule has 1 saturated heterocycles. The summed E-state index contributed by atoms with van der Waals surface area (Å²) in [6.45, 7) is 15.5. The van der Waals surface area contributed by atoms with Crippen LogP contribution in [0.2, 0.25) is 0 Å². The molecule has 0 spiro atoms. The SMILES string of the molecule is C=C(C)C(=O)OC1CC(=C)C2C(=O)C[C@@H](C)C2[C@H]2OC(=O)C(=C[C@H](C)CC)[C@H]12. The van der Waals surface area contributed by atoms with Crippen molar-refractivity contribution < 1.29 is 23.9 Å². The summed E-state index contributed by atoms with van der Waals surface area (Å²) in [7, 11) is 0. The average molecular weight is 386 g/mol. The van der Waals surface area contributed by atoms with E-state index in [-0.39, 0.29) is 41.3 Å². The number of ketones is 1. The number of esters is 2. The van der Waals surface area contributed by atoms with Crippen molar-refractivity contribution in [3.05, 3.63) is 36.0 Å². The summed E-state index contributed by atoms with van der Waals surface area (Å²) in [5.41, 5.74) is 1.64. The molecule has 7 atom stereocenters. The Balaban J connectivity index is 2.07. The van der Waals surface area contributed by atoms with E-state index >= 15 is 0 Å². The number of Topliss-reactive ketones (excluding diaryl/α,β-unsaturated/α-hetero) is 1. The summed E-state index contributed by atoms with van der Waals surface area (Å²) in [4.78, 5) is 37.7. The van der Waals surface area contributed by atoms with Crippen molar-refractivity contribution in [2.24, 2.45) is 29.6 Å². The smallest absolute Gasteiger partial charge is 0.334 e. The van der Waals surface area contributed by atoms with Crippen LogP contribution in [0.3, 0.4) is 0 Å². The fraction of sp³-hybridized carbons (Fsp3) is 0.609. The van der Waals surface area contributed by atoms with Gasteiger partial charge in [0.2, 0.25) is 0 Å². The molecule has 5 nitrogen and oxygen atoms in total. The van der Waals surface area contributed by atoms with Crippen LogP contribution in [0.5, 0.6) is 0 Å². The van der Waals surface area contributed by atoms with Gasteiger partial charge in [0.25, 0.3) is 0 Å². The largest absolute Gasteiger partial charge is 0.458 e. The zero-order chi connectivity index (χ0) is 20.7. The Morgan fingerprint density at radius 1 is 1.36 bits per heavy atom. The van der Waals surface area contributed by atoms with Crippen molar-refractivity contribution in [1.82, 2.24) is 0 Å². The van der Waals surface area contributed by atoms with Gasteiger partial charge in [-0.15, -0.1) is 0 Å². The van der Waals surface area contributed by atoms with Crippen LogP contribution in [-0.4, -0.2) is 29.9 Å². The predicted octanol–water partition coefficient (Wildman–Crippen LogP) is 3.79. The summed E-state index contributed by atoms with van der Waals surface area (Å²) in [5.74, 6) is -1.27. The number of ether oxygens (including phenoxy) is 2. The summed E-state index contributed by atoms with van der Waals surface area (Å²) in [6.07, 6.45) is 2.59. The Kier molecular flexibility index (Phi) is 5.64. The van der Waals surface area contributed by atoms with Gasteiger partial charge < -0.3 is 9.47 Å². The Morgan fingerprint density at radius 2 is 2.04 bits per heavy atom. The summed E-state index contributed by atoms with van der Waals surface area (Å²) >= 11 is 0. The Hall–Kier alpha value is -2.17. The molecule has 0 bridgehead atoms. The van der Waals surface area contributed by atoms with E-state index in [0.29, 0.717) is 24.0 Å². The van der Waals surface area contributed by atoms with Gasteiger partial charge in [-0.05, 0) is 18.8 Å². The lowest BCUT2D eigenvalue weighted by Crippen LogP contribution is -2.37. The first-order chi connectivity index (χ1) is 13.1. The number of carbonyl (C=O) groups excluding carboxylic acids is 3. The van der Waals surface area contributed by atoms with Gasteiger partial charge in [-0.1, -0.05) is 52.0 Å². The highest BCUT2D eigenvalue weighted by Crippen LogP contribution is 2.52. The predicted molar refractivity (Wildman–Crippen MR) is 105 cm³/mol. The molecule has 3 rings (SSSR count). The van der Waals surface area contributed by atoms with Crippen LogP contribution in [-0.2, 0) is 23.9 Å². The topological polar surface area (TPSA) is 69.7 Å². The van der Waals surface area contributed by atoms with E-state index in [2.05, 4.69) is 20.1 Å². The fourth-order valence-electron chi connectivity index (χ4n) is 4.91. The number of hydrogen-bond donors (Lipinski definition) is 0. The quantitative estimate of drug-likeness (QED) is 0.418. The third-order valence-electron chi connectivity index (χ3n) is 6.50. The minimum Gasteiger partial charge on any atom is -0.458 e. The van der Waals surface area contributed by atoms with Crippen LogP contribution in [0.15, 0.2) is 36.0 Å². The van der Waals surface area contributed by atoms with Crippen molar-refractivity contribution in [3.8, 4) is 0 Å². The summed E-state index contributed by atoms with van der Waals surface area (Å²) in [5, 5.41) is 0. The van der Waals surface area contributed by atoms with Crippen LogP contribution in [0, 0.1) is 29.6 Å². The van der Waals surface area contributed by atoms with E-state index in [1.807, 2.05) is 19.9 Å². The van der Waals surface area contributed by atoms with Crippen molar-refractivity contribution in [1.29, 1.82) is 0 Å². The van der Waals surface area contributed by atoms with Crippen molar-refractivity contribution in [2.75, 3.05) is 0 Å². The lowest BCUT2D eigenvalue weighted by atomic mass is 9.78. The van der Waals surface area contributed by atoms with Gasteiger partial charge >= 0.3 is 11.9 Å². The van der Waals surface area contributed by atoms with Gasteiger partial charge in [-0.25, -0.2) is 9.59 Å². The molecule has 0 aromatic heterocycles. The maximum absolute atomic E-state index is 12.8. The molecule has 3 unspecified atom stereocenters. The molecule has 2 saturated carbocycles. The zero-order valence-electron chi connectivity index (χ0n) is 17.2. The molecule has 28 heavy (non-hydrogen) atoms. The summed E-state index contributed by atoms with van der Waals surface area (Å²) in [6, 6.07) is 0. The molecule has 2 aliphatic carbocycles. The molecule has 3 aliphatic rings. The lowest BCUT2D eigenvalue weighted by molar-refractivity contribution is -0.149. The number of fused-ring (bicyclic) bond motifs is 3. The molecule has 1 aliphatic heterocycles. The molecule has 0 aromatic carbocycles. The highest BCUT2D eigenvalue weighted by molar-refractivity contribution is 5.93. The lowest BCUT2D eigenvalue weighted by Gasteiger charge is -2.29. The van der Waals surface area contributed by atoms with Gasteiger partial charge in [-0.3, -0.25) is 4.79 Å². The standard InChI is InChI=1S/C23H30O5/c1-7-12(4)8-15-20-17(27-22(25)11(2)3)10-14(6)18-16(24)9-13(5)19(18)21(20)28-23(15)26/h8,12-13,17-21H,2,6-7,9-10H2,1,3-5H3/t12-,13-,17?,18?,19?,20-,21-/m1/s1. The third-order valence-corrected chi connectivity index (χ3v) is 6.50. The van der Waals surface area contributed by atoms with E-state index in [0.717, 1.165) is 12.0 Å². The van der Waals surface area contributed by atoms with Crippen LogP contribution < -0.4 is 0 Å². The van der Waals surface area contributed by atoms with E-state index in [4.69, 9.17) is 9.47 Å². The molecule has 0 N–H and O–H groups in total. The van der Waals surface area contributed by atoms with Crippen molar-refractivity contribution in [3.63, 3.8) is 0 Å². The van der Waals surface area contributed by atoms with E-state index in [9.17, 15) is 14.4 Å².